The fraction of sp³-hybridized carbons (Fsp3) is 0.894. The van der Waals surface area contributed by atoms with Crippen molar-refractivity contribution in [1.29, 1.82) is 0 Å². The summed E-state index contributed by atoms with van der Waals surface area (Å²) >= 11 is 0. The Morgan fingerprint density at radius 2 is 0.811 bits per heavy atom. The maximum absolute atomic E-state index is 12.8. The molecule has 0 rings (SSSR count). The van der Waals surface area contributed by atoms with Gasteiger partial charge in [-0.25, -0.2) is 0 Å². The number of ether oxygens (including phenoxy) is 1. The van der Waals surface area contributed by atoms with Gasteiger partial charge in [0.15, 0.2) is 0 Å². The van der Waals surface area contributed by atoms with Crippen LogP contribution >= 0.6 is 0 Å². The van der Waals surface area contributed by atoms with Crippen LogP contribution in [-0.2, 0) is 19.1 Å². The first kappa shape index (κ1) is 51.1. The van der Waals surface area contributed by atoms with Crippen LogP contribution in [0.3, 0.4) is 0 Å². The standard InChI is InChI=1S/C47H89NO5/c1-3-5-7-9-11-13-15-17-18-19-20-21-23-25-27-29-34-38-42-47(52)53-44(40-36-32-30-33-37-41-45(49)48-43-46(50)51)39-35-31-28-26-24-22-16-14-12-10-8-6-4-2/h18-19,44H,3-17,20-43H2,1-2H3,(H,48,49)(H,50,51)/b19-18-. The number of carbonyl (C=O) groups excluding carboxylic acids is 2. The number of carboxylic acids is 1. The van der Waals surface area contributed by atoms with Gasteiger partial charge in [-0.3, -0.25) is 14.4 Å². The van der Waals surface area contributed by atoms with Gasteiger partial charge in [0.25, 0.3) is 0 Å². The molecule has 0 spiro atoms. The van der Waals surface area contributed by atoms with Crippen molar-refractivity contribution in [2.75, 3.05) is 6.54 Å². The minimum absolute atomic E-state index is 0.0136. The Morgan fingerprint density at radius 3 is 1.21 bits per heavy atom. The van der Waals surface area contributed by atoms with E-state index in [1.165, 1.54) is 167 Å². The molecular formula is C47H89NO5. The molecule has 0 aromatic carbocycles. The number of rotatable bonds is 43. The first-order valence-electron chi connectivity index (χ1n) is 23.3. The van der Waals surface area contributed by atoms with E-state index in [0.29, 0.717) is 12.8 Å². The summed E-state index contributed by atoms with van der Waals surface area (Å²) in [5.41, 5.74) is 0. The fourth-order valence-electron chi connectivity index (χ4n) is 7.22. The van der Waals surface area contributed by atoms with E-state index in [4.69, 9.17) is 9.84 Å². The van der Waals surface area contributed by atoms with E-state index in [2.05, 4.69) is 31.3 Å². The molecule has 0 aromatic rings. The molecule has 0 aliphatic rings. The van der Waals surface area contributed by atoms with Gasteiger partial charge in [0, 0.05) is 12.8 Å². The molecule has 0 bridgehead atoms. The summed E-state index contributed by atoms with van der Waals surface area (Å²) in [5, 5.41) is 11.1. The number of unbranched alkanes of at least 4 members (excludes halogenated alkanes) is 30. The lowest BCUT2D eigenvalue weighted by Gasteiger charge is -2.18. The number of aliphatic carboxylic acids is 1. The average Bonchev–Trinajstić information content (AvgIpc) is 3.14. The van der Waals surface area contributed by atoms with E-state index in [0.717, 1.165) is 64.2 Å². The highest BCUT2D eigenvalue weighted by Crippen LogP contribution is 2.19. The van der Waals surface area contributed by atoms with E-state index in [1.54, 1.807) is 0 Å². The van der Waals surface area contributed by atoms with Crippen LogP contribution < -0.4 is 5.32 Å². The highest BCUT2D eigenvalue weighted by Gasteiger charge is 2.14. The Bertz CT molecular complexity index is 828. The van der Waals surface area contributed by atoms with Crippen molar-refractivity contribution in [1.82, 2.24) is 5.32 Å². The minimum Gasteiger partial charge on any atom is -0.480 e. The van der Waals surface area contributed by atoms with Crippen molar-refractivity contribution in [3.05, 3.63) is 12.2 Å². The van der Waals surface area contributed by atoms with E-state index in [1.807, 2.05) is 0 Å². The SMILES string of the molecule is CCCCCCCCC/C=C\CCCCCCCCCC(=O)OC(CCCCCCCCCCCCCCC)CCCCCCCC(=O)NCC(=O)O. The summed E-state index contributed by atoms with van der Waals surface area (Å²) in [6, 6.07) is 0. The quantitative estimate of drug-likeness (QED) is 0.0368. The number of hydrogen-bond acceptors (Lipinski definition) is 4. The minimum atomic E-state index is -1.01. The normalized spacial score (nSPS) is 12.0. The predicted molar refractivity (Wildman–Crippen MR) is 226 cm³/mol. The number of nitrogens with one attached hydrogen (secondary N) is 1. The molecule has 0 aliphatic carbocycles. The van der Waals surface area contributed by atoms with Gasteiger partial charge >= 0.3 is 11.9 Å². The van der Waals surface area contributed by atoms with Crippen LogP contribution in [0, 0.1) is 0 Å². The molecule has 0 saturated carbocycles. The third kappa shape index (κ3) is 42.8. The monoisotopic (exact) mass is 748 g/mol. The lowest BCUT2D eigenvalue weighted by atomic mass is 10.0. The molecule has 312 valence electrons. The maximum atomic E-state index is 12.8. The molecule has 0 aromatic heterocycles. The predicted octanol–water partition coefficient (Wildman–Crippen LogP) is 14.5. The highest BCUT2D eigenvalue weighted by atomic mass is 16.5. The van der Waals surface area contributed by atoms with Crippen LogP contribution in [-0.4, -0.2) is 35.6 Å². The first-order chi connectivity index (χ1) is 26.0. The lowest BCUT2D eigenvalue weighted by Crippen LogP contribution is -2.28. The third-order valence-corrected chi connectivity index (χ3v) is 10.7. The summed E-state index contributed by atoms with van der Waals surface area (Å²) in [6.45, 7) is 4.25. The van der Waals surface area contributed by atoms with Crippen molar-refractivity contribution in [2.45, 2.75) is 264 Å². The molecule has 0 saturated heterocycles. The molecule has 6 heteroatoms. The second kappa shape index (κ2) is 42.9. The molecule has 2 N–H and O–H groups in total. The highest BCUT2D eigenvalue weighted by molar-refractivity contribution is 5.80. The smallest absolute Gasteiger partial charge is 0.322 e. The van der Waals surface area contributed by atoms with Gasteiger partial charge in [-0.15, -0.1) is 0 Å². The van der Waals surface area contributed by atoms with Gasteiger partial charge in [-0.1, -0.05) is 193 Å². The van der Waals surface area contributed by atoms with Crippen molar-refractivity contribution in [2.24, 2.45) is 0 Å². The molecule has 0 heterocycles. The molecule has 0 aliphatic heterocycles. The van der Waals surface area contributed by atoms with Crippen molar-refractivity contribution >= 4 is 17.8 Å². The molecule has 1 atom stereocenters. The summed E-state index contributed by atoms with van der Waals surface area (Å²) < 4.78 is 6.05. The van der Waals surface area contributed by atoms with Gasteiger partial charge in [-0.2, -0.15) is 0 Å². The van der Waals surface area contributed by atoms with Gasteiger partial charge in [-0.05, 0) is 64.2 Å². The lowest BCUT2D eigenvalue weighted by molar-refractivity contribution is -0.150. The van der Waals surface area contributed by atoms with Gasteiger partial charge in [0.1, 0.15) is 12.6 Å². The zero-order valence-corrected chi connectivity index (χ0v) is 35.4. The van der Waals surface area contributed by atoms with Crippen LogP contribution in [0.15, 0.2) is 12.2 Å². The van der Waals surface area contributed by atoms with Gasteiger partial charge in [0.05, 0.1) is 0 Å². The number of carbonyl (C=O) groups is 3. The number of esters is 1. The summed E-state index contributed by atoms with van der Waals surface area (Å²) in [6.07, 6.45) is 50.6. The molecule has 53 heavy (non-hydrogen) atoms. The zero-order valence-electron chi connectivity index (χ0n) is 35.4. The summed E-state index contributed by atoms with van der Waals surface area (Å²) in [5.74, 6) is -1.22. The third-order valence-electron chi connectivity index (χ3n) is 10.7. The zero-order chi connectivity index (χ0) is 38.7. The van der Waals surface area contributed by atoms with Crippen LogP contribution in [0.1, 0.15) is 258 Å². The van der Waals surface area contributed by atoms with Crippen molar-refractivity contribution in [3.63, 3.8) is 0 Å². The number of carboxylic acid groups (broad SMARTS) is 1. The van der Waals surface area contributed by atoms with Crippen molar-refractivity contribution in [3.8, 4) is 0 Å². The van der Waals surface area contributed by atoms with Gasteiger partial charge < -0.3 is 15.2 Å². The van der Waals surface area contributed by atoms with Crippen LogP contribution in [0.25, 0.3) is 0 Å². The molecule has 0 fully saturated rings. The molecule has 1 amide bonds. The van der Waals surface area contributed by atoms with E-state index < -0.39 is 5.97 Å². The Kier molecular flexibility index (Phi) is 41.4. The maximum Gasteiger partial charge on any atom is 0.322 e. The molecule has 0 radical (unpaired) electrons. The van der Waals surface area contributed by atoms with Crippen LogP contribution in [0.5, 0.6) is 0 Å². The van der Waals surface area contributed by atoms with Crippen molar-refractivity contribution < 1.29 is 24.2 Å². The number of amides is 1. The van der Waals surface area contributed by atoms with Crippen LogP contribution in [0.4, 0.5) is 0 Å². The Labute approximate surface area is 329 Å². The molecular weight excluding hydrogens is 659 g/mol. The van der Waals surface area contributed by atoms with E-state index in [9.17, 15) is 14.4 Å². The molecule has 6 nitrogen and oxygen atoms in total. The largest absolute Gasteiger partial charge is 0.480 e. The molecule has 1 unspecified atom stereocenters. The topological polar surface area (TPSA) is 92.7 Å². The van der Waals surface area contributed by atoms with E-state index in [-0.39, 0.29) is 24.5 Å². The van der Waals surface area contributed by atoms with Crippen LogP contribution in [0.2, 0.25) is 0 Å². The van der Waals surface area contributed by atoms with E-state index >= 15 is 0 Å². The first-order valence-corrected chi connectivity index (χ1v) is 23.3. The fourth-order valence-corrected chi connectivity index (χ4v) is 7.22. The Hall–Kier alpha value is -1.85. The summed E-state index contributed by atoms with van der Waals surface area (Å²) in [4.78, 5) is 35.1. The Balaban J connectivity index is 4.10. The number of allylic oxidation sites excluding steroid dienone is 2. The second-order valence-electron chi connectivity index (χ2n) is 16.0. The second-order valence-corrected chi connectivity index (χ2v) is 16.0. The number of hydrogen-bond donors (Lipinski definition) is 2. The Morgan fingerprint density at radius 1 is 0.472 bits per heavy atom. The van der Waals surface area contributed by atoms with Gasteiger partial charge in [0.2, 0.25) is 5.91 Å². The summed E-state index contributed by atoms with van der Waals surface area (Å²) in [7, 11) is 0. The average molecular weight is 748 g/mol.